The Morgan fingerprint density at radius 2 is 2.38 bits per heavy atom. The zero-order valence-electron chi connectivity index (χ0n) is 4.76. The fourth-order valence-electron chi connectivity index (χ4n) is 0.560. The Morgan fingerprint density at radius 3 is 2.75 bits per heavy atom. The Kier molecular flexibility index (Phi) is 1.59. The Labute approximate surface area is 51.3 Å². The Hall–Kier alpha value is -0.420. The highest BCUT2D eigenvalue weighted by Crippen LogP contribution is 1.91. The van der Waals surface area contributed by atoms with E-state index < -0.39 is 0 Å². The van der Waals surface area contributed by atoms with Gasteiger partial charge in [-0.15, -0.1) is 0 Å². The van der Waals surface area contributed by atoms with Crippen molar-refractivity contribution in [1.82, 2.24) is 4.98 Å². The first-order valence-electron chi connectivity index (χ1n) is 2.47. The third-order valence-electron chi connectivity index (χ3n) is 0.937. The number of pyridine rings is 1. The van der Waals surface area contributed by atoms with Crippen LogP contribution in [0.2, 0.25) is 0 Å². The molecule has 0 saturated heterocycles. The topological polar surface area (TPSA) is 12.9 Å². The molecule has 1 aromatic rings. The maximum atomic E-state index is 4.00. The highest BCUT2D eigenvalue weighted by molar-refractivity contribution is 7.26. The largest absolute Gasteiger partial charge is 0.257 e. The monoisotopic (exact) mass is 125 g/mol. The van der Waals surface area contributed by atoms with Gasteiger partial charge in [0.05, 0.1) is 5.44 Å². The predicted molar refractivity (Wildman–Crippen MR) is 38.3 cm³/mol. The Bertz CT molecular complexity index is 168. The number of aromatic nitrogens is 1. The van der Waals surface area contributed by atoms with E-state index in [4.69, 9.17) is 0 Å². The quantitative estimate of drug-likeness (QED) is 0.469. The van der Waals surface area contributed by atoms with Crippen molar-refractivity contribution in [2.45, 2.75) is 6.92 Å². The van der Waals surface area contributed by atoms with Crippen molar-refractivity contribution >= 4 is 14.7 Å². The lowest BCUT2D eigenvalue weighted by Crippen LogP contribution is -1.94. The molecule has 42 valence electrons. The first-order valence-corrected chi connectivity index (χ1v) is 3.05. The molecule has 8 heavy (non-hydrogen) atoms. The summed E-state index contributed by atoms with van der Waals surface area (Å²) in [6.45, 7) is 2.05. The number of hydrogen-bond acceptors (Lipinski definition) is 1. The average molecular weight is 125 g/mol. The molecule has 0 amide bonds. The normalized spacial score (nSPS) is 9.25. The first-order chi connectivity index (χ1) is 3.79. The maximum absolute atomic E-state index is 4.00. The summed E-state index contributed by atoms with van der Waals surface area (Å²) in [6, 6.07) is 4.00. The maximum Gasteiger partial charge on any atom is 0.0571 e. The lowest BCUT2D eigenvalue weighted by Gasteiger charge is -1.89. The molecule has 0 spiro atoms. The number of nitrogens with zero attached hydrogens (tertiary/aromatic N) is 1. The number of rotatable bonds is 0. The smallest absolute Gasteiger partial charge is 0.0571 e. The summed E-state index contributed by atoms with van der Waals surface area (Å²) in [5.74, 6) is 0. The van der Waals surface area contributed by atoms with Gasteiger partial charge in [-0.2, -0.15) is 0 Å². The van der Waals surface area contributed by atoms with Crippen molar-refractivity contribution in [3.05, 3.63) is 23.9 Å². The molecular formula is C6H8NP. The van der Waals surface area contributed by atoms with Gasteiger partial charge in [0.1, 0.15) is 0 Å². The van der Waals surface area contributed by atoms with Crippen LogP contribution in [0.4, 0.5) is 0 Å². The molecule has 0 N–H and O–H groups in total. The molecule has 1 aromatic heterocycles. The van der Waals surface area contributed by atoms with Gasteiger partial charge in [-0.1, -0.05) is 9.24 Å². The van der Waals surface area contributed by atoms with Gasteiger partial charge in [0.25, 0.3) is 0 Å². The van der Waals surface area contributed by atoms with E-state index in [1.54, 1.807) is 6.20 Å². The van der Waals surface area contributed by atoms with Gasteiger partial charge in [-0.05, 0) is 24.6 Å². The zero-order valence-corrected chi connectivity index (χ0v) is 5.91. The molecular weight excluding hydrogens is 117 g/mol. The van der Waals surface area contributed by atoms with Crippen LogP contribution in [-0.2, 0) is 0 Å². The van der Waals surface area contributed by atoms with Crippen molar-refractivity contribution in [2.24, 2.45) is 0 Å². The van der Waals surface area contributed by atoms with Crippen LogP contribution in [0.25, 0.3) is 0 Å². The second kappa shape index (κ2) is 2.23. The van der Waals surface area contributed by atoms with Gasteiger partial charge in [0.15, 0.2) is 0 Å². The van der Waals surface area contributed by atoms with Gasteiger partial charge < -0.3 is 0 Å². The molecule has 0 radical (unpaired) electrons. The summed E-state index contributed by atoms with van der Waals surface area (Å²) in [5, 5.41) is 0. The van der Waals surface area contributed by atoms with E-state index >= 15 is 0 Å². The highest BCUT2D eigenvalue weighted by atomic mass is 31.0. The van der Waals surface area contributed by atoms with Crippen molar-refractivity contribution in [3.8, 4) is 0 Å². The summed E-state index contributed by atoms with van der Waals surface area (Å²) in [7, 11) is 2.55. The van der Waals surface area contributed by atoms with Crippen LogP contribution >= 0.6 is 9.24 Å². The molecule has 1 heterocycles. The van der Waals surface area contributed by atoms with Crippen LogP contribution in [0.3, 0.4) is 0 Å². The molecule has 0 aliphatic rings. The average Bonchev–Trinajstić information content (AvgIpc) is 1.64. The van der Waals surface area contributed by atoms with Gasteiger partial charge in [0.2, 0.25) is 0 Å². The van der Waals surface area contributed by atoms with E-state index in [2.05, 4.69) is 21.1 Å². The van der Waals surface area contributed by atoms with Crippen LogP contribution < -0.4 is 5.44 Å². The third-order valence-corrected chi connectivity index (χ3v) is 1.25. The minimum atomic E-state index is 1.00. The SMILES string of the molecule is Cc1ccnc(P)c1. The summed E-state index contributed by atoms with van der Waals surface area (Å²) in [4.78, 5) is 4.00. The van der Waals surface area contributed by atoms with E-state index in [0.717, 1.165) is 5.44 Å². The molecule has 1 atom stereocenters. The van der Waals surface area contributed by atoms with E-state index in [1.165, 1.54) is 5.56 Å². The predicted octanol–water partition coefficient (Wildman–Crippen LogP) is 0.890. The molecule has 0 aliphatic heterocycles. The van der Waals surface area contributed by atoms with Crippen LogP contribution in [0, 0.1) is 6.92 Å². The minimum Gasteiger partial charge on any atom is -0.257 e. The molecule has 2 heteroatoms. The standard InChI is InChI=1S/C6H8NP/c1-5-2-3-7-6(8)4-5/h2-4H,8H2,1H3. The fourth-order valence-corrected chi connectivity index (χ4v) is 0.909. The van der Waals surface area contributed by atoms with Crippen LogP contribution in [0.5, 0.6) is 0 Å². The minimum absolute atomic E-state index is 1.00. The van der Waals surface area contributed by atoms with E-state index in [1.807, 2.05) is 12.1 Å². The highest BCUT2D eigenvalue weighted by Gasteiger charge is 1.82. The number of hydrogen-bond donors (Lipinski definition) is 0. The van der Waals surface area contributed by atoms with Crippen molar-refractivity contribution < 1.29 is 0 Å². The molecule has 0 aliphatic carbocycles. The van der Waals surface area contributed by atoms with Crippen molar-refractivity contribution in [1.29, 1.82) is 0 Å². The summed E-state index contributed by atoms with van der Waals surface area (Å²) >= 11 is 0. The molecule has 0 bridgehead atoms. The molecule has 1 unspecified atom stereocenters. The summed E-state index contributed by atoms with van der Waals surface area (Å²) in [5.41, 5.74) is 2.26. The Morgan fingerprint density at radius 1 is 1.62 bits per heavy atom. The van der Waals surface area contributed by atoms with Gasteiger partial charge in [-0.3, -0.25) is 4.98 Å². The molecule has 1 rings (SSSR count). The third kappa shape index (κ3) is 1.28. The fraction of sp³-hybridized carbons (Fsp3) is 0.167. The van der Waals surface area contributed by atoms with Crippen LogP contribution in [0.1, 0.15) is 5.56 Å². The van der Waals surface area contributed by atoms with Crippen molar-refractivity contribution in [2.75, 3.05) is 0 Å². The summed E-state index contributed by atoms with van der Waals surface area (Å²) < 4.78 is 0. The van der Waals surface area contributed by atoms with Gasteiger partial charge in [0, 0.05) is 6.20 Å². The number of aryl methyl sites for hydroxylation is 1. The van der Waals surface area contributed by atoms with E-state index in [0.29, 0.717) is 0 Å². The van der Waals surface area contributed by atoms with Gasteiger partial charge in [-0.25, -0.2) is 0 Å². The second-order valence-corrected chi connectivity index (χ2v) is 2.35. The van der Waals surface area contributed by atoms with Crippen LogP contribution in [-0.4, -0.2) is 4.98 Å². The Balaban J connectivity index is 3.08. The first kappa shape index (κ1) is 5.71. The summed E-state index contributed by atoms with van der Waals surface area (Å²) in [6.07, 6.45) is 1.80. The lowest BCUT2D eigenvalue weighted by atomic mass is 10.3. The molecule has 0 saturated carbocycles. The second-order valence-electron chi connectivity index (χ2n) is 1.76. The van der Waals surface area contributed by atoms with E-state index in [9.17, 15) is 0 Å². The van der Waals surface area contributed by atoms with Crippen LogP contribution in [0.15, 0.2) is 18.3 Å². The zero-order chi connectivity index (χ0) is 5.98. The molecule has 0 aromatic carbocycles. The van der Waals surface area contributed by atoms with Crippen molar-refractivity contribution in [3.63, 3.8) is 0 Å². The lowest BCUT2D eigenvalue weighted by molar-refractivity contribution is 1.34. The molecule has 0 fully saturated rings. The molecule has 1 nitrogen and oxygen atoms in total. The van der Waals surface area contributed by atoms with E-state index in [-0.39, 0.29) is 0 Å². The van der Waals surface area contributed by atoms with Gasteiger partial charge >= 0.3 is 0 Å².